The normalized spacial score (nSPS) is 18.8. The topological polar surface area (TPSA) is 74.6 Å². The van der Waals surface area contributed by atoms with E-state index in [-0.39, 0.29) is 24.0 Å². The summed E-state index contributed by atoms with van der Waals surface area (Å²) in [6.07, 6.45) is 0.641. The van der Waals surface area contributed by atoms with Crippen LogP contribution in [0.5, 0.6) is 0 Å². The fourth-order valence-corrected chi connectivity index (χ4v) is 3.42. The molecule has 3 rings (SSSR count). The number of urea groups is 1. The Morgan fingerprint density at radius 3 is 2.64 bits per heavy atom. The van der Waals surface area contributed by atoms with Crippen LogP contribution in [0.3, 0.4) is 0 Å². The zero-order valence-corrected chi connectivity index (χ0v) is 15.1. The number of rotatable bonds is 4. The van der Waals surface area contributed by atoms with E-state index in [2.05, 4.69) is 10.6 Å². The van der Waals surface area contributed by atoms with Crippen molar-refractivity contribution in [1.82, 2.24) is 15.5 Å². The van der Waals surface area contributed by atoms with Crippen molar-refractivity contribution >= 4 is 22.9 Å². The van der Waals surface area contributed by atoms with Gasteiger partial charge in [-0.05, 0) is 40.2 Å². The Labute approximate surface area is 147 Å². The SMILES string of the molecule is Cc1c([C@H](C)NC(=O)NC2CCN(C(C)C)C2=O)oc2ccccc12. The fourth-order valence-electron chi connectivity index (χ4n) is 3.42. The van der Waals surface area contributed by atoms with Crippen LogP contribution in [-0.2, 0) is 4.79 Å². The first-order chi connectivity index (χ1) is 11.9. The van der Waals surface area contributed by atoms with Crippen molar-refractivity contribution in [1.29, 1.82) is 0 Å². The highest BCUT2D eigenvalue weighted by Gasteiger charge is 2.34. The van der Waals surface area contributed by atoms with E-state index < -0.39 is 6.04 Å². The molecular weight excluding hydrogens is 318 g/mol. The molecule has 1 aliphatic heterocycles. The van der Waals surface area contributed by atoms with Crippen LogP contribution in [0.1, 0.15) is 44.6 Å². The molecule has 0 spiro atoms. The van der Waals surface area contributed by atoms with Crippen molar-refractivity contribution in [3.05, 3.63) is 35.6 Å². The molecule has 2 atom stereocenters. The van der Waals surface area contributed by atoms with Gasteiger partial charge in [-0.15, -0.1) is 0 Å². The van der Waals surface area contributed by atoms with E-state index in [1.165, 1.54) is 0 Å². The number of para-hydroxylation sites is 1. The van der Waals surface area contributed by atoms with Crippen LogP contribution < -0.4 is 10.6 Å². The fraction of sp³-hybridized carbons (Fsp3) is 0.474. The predicted molar refractivity (Wildman–Crippen MR) is 96.3 cm³/mol. The van der Waals surface area contributed by atoms with Crippen molar-refractivity contribution in [2.75, 3.05) is 6.54 Å². The molecule has 1 saturated heterocycles. The van der Waals surface area contributed by atoms with Gasteiger partial charge >= 0.3 is 6.03 Å². The number of furan rings is 1. The van der Waals surface area contributed by atoms with Crippen molar-refractivity contribution in [3.8, 4) is 0 Å². The highest BCUT2D eigenvalue weighted by Crippen LogP contribution is 2.29. The van der Waals surface area contributed by atoms with Gasteiger partial charge in [-0.2, -0.15) is 0 Å². The van der Waals surface area contributed by atoms with E-state index in [4.69, 9.17) is 4.42 Å². The molecule has 1 aromatic heterocycles. The largest absolute Gasteiger partial charge is 0.459 e. The number of amides is 3. The van der Waals surface area contributed by atoms with Crippen LogP contribution in [-0.4, -0.2) is 35.5 Å². The highest BCUT2D eigenvalue weighted by atomic mass is 16.3. The van der Waals surface area contributed by atoms with E-state index in [1.807, 2.05) is 52.0 Å². The second-order valence-electron chi connectivity index (χ2n) is 6.89. The highest BCUT2D eigenvalue weighted by molar-refractivity contribution is 5.89. The van der Waals surface area contributed by atoms with Crippen molar-refractivity contribution in [3.63, 3.8) is 0 Å². The summed E-state index contributed by atoms with van der Waals surface area (Å²) in [6.45, 7) is 8.50. The third-order valence-electron chi connectivity index (χ3n) is 4.79. The van der Waals surface area contributed by atoms with Gasteiger partial charge in [0.1, 0.15) is 17.4 Å². The van der Waals surface area contributed by atoms with Crippen molar-refractivity contribution < 1.29 is 14.0 Å². The minimum absolute atomic E-state index is 0.0160. The maximum atomic E-state index is 12.3. The molecule has 0 radical (unpaired) electrons. The van der Waals surface area contributed by atoms with E-state index in [1.54, 1.807) is 4.90 Å². The lowest BCUT2D eigenvalue weighted by Gasteiger charge is -2.21. The Hall–Kier alpha value is -2.50. The number of hydrogen-bond acceptors (Lipinski definition) is 3. The Kier molecular flexibility index (Phi) is 4.70. The average molecular weight is 343 g/mol. The second kappa shape index (κ2) is 6.78. The predicted octanol–water partition coefficient (Wildman–Crippen LogP) is 3.11. The number of likely N-dealkylation sites (tertiary alicyclic amines) is 1. The number of hydrogen-bond donors (Lipinski definition) is 2. The monoisotopic (exact) mass is 343 g/mol. The first-order valence-corrected chi connectivity index (χ1v) is 8.74. The summed E-state index contributed by atoms with van der Waals surface area (Å²) in [4.78, 5) is 26.4. The zero-order chi connectivity index (χ0) is 18.1. The number of nitrogens with one attached hydrogen (secondary N) is 2. The van der Waals surface area contributed by atoms with Gasteiger partial charge in [0.25, 0.3) is 0 Å². The number of carbonyl (C=O) groups is 2. The Morgan fingerprint density at radius 2 is 2.00 bits per heavy atom. The summed E-state index contributed by atoms with van der Waals surface area (Å²) in [7, 11) is 0. The Bertz CT molecular complexity index is 796. The smallest absolute Gasteiger partial charge is 0.316 e. The molecule has 2 heterocycles. The van der Waals surface area contributed by atoms with Gasteiger partial charge < -0.3 is 20.0 Å². The van der Waals surface area contributed by atoms with E-state index in [0.29, 0.717) is 13.0 Å². The Balaban J connectivity index is 1.64. The summed E-state index contributed by atoms with van der Waals surface area (Å²) in [6, 6.07) is 6.86. The Morgan fingerprint density at radius 1 is 1.28 bits per heavy atom. The second-order valence-corrected chi connectivity index (χ2v) is 6.89. The quantitative estimate of drug-likeness (QED) is 0.896. The van der Waals surface area contributed by atoms with E-state index >= 15 is 0 Å². The van der Waals surface area contributed by atoms with Crippen LogP contribution >= 0.6 is 0 Å². The van der Waals surface area contributed by atoms with Gasteiger partial charge in [-0.25, -0.2) is 4.79 Å². The molecule has 6 nitrogen and oxygen atoms in total. The molecule has 1 aliphatic rings. The van der Waals surface area contributed by atoms with Gasteiger partial charge in [0.05, 0.1) is 6.04 Å². The summed E-state index contributed by atoms with van der Waals surface area (Å²) in [5, 5.41) is 6.71. The first-order valence-electron chi connectivity index (χ1n) is 8.74. The maximum absolute atomic E-state index is 12.3. The van der Waals surface area contributed by atoms with Gasteiger partial charge in [-0.3, -0.25) is 4.79 Å². The summed E-state index contributed by atoms with van der Waals surface area (Å²) in [5.74, 6) is 0.718. The molecular formula is C19H25N3O3. The molecule has 0 bridgehead atoms. The summed E-state index contributed by atoms with van der Waals surface area (Å²) in [5.41, 5.74) is 1.83. The van der Waals surface area contributed by atoms with Gasteiger partial charge in [-0.1, -0.05) is 18.2 Å². The van der Waals surface area contributed by atoms with E-state index in [0.717, 1.165) is 22.3 Å². The number of fused-ring (bicyclic) bond motifs is 1. The van der Waals surface area contributed by atoms with Crippen LogP contribution in [0.15, 0.2) is 28.7 Å². The molecule has 6 heteroatoms. The lowest BCUT2D eigenvalue weighted by Crippen LogP contribution is -2.47. The molecule has 134 valence electrons. The zero-order valence-electron chi connectivity index (χ0n) is 15.1. The van der Waals surface area contributed by atoms with Crippen LogP contribution in [0.25, 0.3) is 11.0 Å². The molecule has 25 heavy (non-hydrogen) atoms. The molecule has 1 aromatic carbocycles. The third-order valence-corrected chi connectivity index (χ3v) is 4.79. The van der Waals surface area contributed by atoms with E-state index in [9.17, 15) is 9.59 Å². The standard InChI is InChI=1S/C19H25N3O3/c1-11(2)22-10-9-15(18(22)23)21-19(24)20-13(4)17-12(3)14-7-5-6-8-16(14)25-17/h5-8,11,13,15H,9-10H2,1-4H3,(H2,20,21,24)/t13-,15?/m0/s1. The van der Waals surface area contributed by atoms with Crippen molar-refractivity contribution in [2.45, 2.75) is 52.2 Å². The molecule has 0 saturated carbocycles. The first kappa shape index (κ1) is 17.3. The molecule has 2 aromatic rings. The minimum atomic E-state index is -0.452. The van der Waals surface area contributed by atoms with Gasteiger partial charge in [0, 0.05) is 23.5 Å². The molecule has 3 amide bonds. The summed E-state index contributed by atoms with van der Waals surface area (Å²) >= 11 is 0. The molecule has 1 fully saturated rings. The van der Waals surface area contributed by atoms with Crippen LogP contribution in [0.4, 0.5) is 4.79 Å². The third kappa shape index (κ3) is 3.34. The average Bonchev–Trinajstić information content (AvgIpc) is 3.09. The number of benzene rings is 1. The maximum Gasteiger partial charge on any atom is 0.316 e. The van der Waals surface area contributed by atoms with Crippen molar-refractivity contribution in [2.24, 2.45) is 0 Å². The lowest BCUT2D eigenvalue weighted by molar-refractivity contribution is -0.130. The molecule has 2 N–H and O–H groups in total. The molecule has 1 unspecified atom stereocenters. The minimum Gasteiger partial charge on any atom is -0.459 e. The number of carbonyl (C=O) groups excluding carboxylic acids is 2. The number of aryl methyl sites for hydroxylation is 1. The van der Waals surface area contributed by atoms with Gasteiger partial charge in [0.2, 0.25) is 5.91 Å². The van der Waals surface area contributed by atoms with Crippen LogP contribution in [0, 0.1) is 6.92 Å². The number of nitrogens with zero attached hydrogens (tertiary/aromatic N) is 1. The van der Waals surface area contributed by atoms with Crippen LogP contribution in [0.2, 0.25) is 0 Å². The summed E-state index contributed by atoms with van der Waals surface area (Å²) < 4.78 is 5.88. The molecule has 0 aliphatic carbocycles. The lowest BCUT2D eigenvalue weighted by atomic mass is 10.1. The van der Waals surface area contributed by atoms with Gasteiger partial charge in [0.15, 0.2) is 0 Å².